The van der Waals surface area contributed by atoms with Crippen LogP contribution in [0, 0.1) is 17.6 Å². The zero-order chi connectivity index (χ0) is 8.10. The number of hydrogen-bond donors (Lipinski definition) is 0. The molecule has 1 aromatic rings. The van der Waals surface area contributed by atoms with Crippen LogP contribution in [0.2, 0.25) is 0 Å². The molecule has 1 radical (unpaired) electrons. The molecule has 0 atom stereocenters. The number of nitrogens with zero attached hydrogens (tertiary/aromatic N) is 2. The highest BCUT2D eigenvalue weighted by molar-refractivity contribution is 5.28. The monoisotopic (exact) mass is 149 g/mol. The van der Waals surface area contributed by atoms with Crippen LogP contribution in [0.4, 0.5) is 0 Å². The van der Waals surface area contributed by atoms with Crippen LogP contribution in [0.5, 0.6) is 0 Å². The molecule has 11 heavy (non-hydrogen) atoms. The predicted octanol–water partition coefficient (Wildman–Crippen LogP) is 1.69. The van der Waals surface area contributed by atoms with Crippen LogP contribution in [0.1, 0.15) is 31.0 Å². The van der Waals surface area contributed by atoms with Crippen molar-refractivity contribution in [2.24, 2.45) is 0 Å². The second kappa shape index (κ2) is 3.77. The molecule has 0 aliphatic rings. The first-order chi connectivity index (χ1) is 5.38. The second-order valence-electron chi connectivity index (χ2n) is 2.32. The maximum atomic E-state index is 8.53. The summed E-state index contributed by atoms with van der Waals surface area (Å²) in [6, 6.07) is 1.97. The van der Waals surface area contributed by atoms with Crippen LogP contribution in [0.15, 0.2) is 4.52 Å². The van der Waals surface area contributed by atoms with Gasteiger partial charge in [-0.3, -0.25) is 0 Å². The summed E-state index contributed by atoms with van der Waals surface area (Å²) >= 11 is 0. The van der Waals surface area contributed by atoms with E-state index in [0.717, 1.165) is 25.0 Å². The third kappa shape index (κ3) is 1.81. The van der Waals surface area contributed by atoms with Gasteiger partial charge in [-0.25, -0.2) is 0 Å². The first kappa shape index (κ1) is 7.80. The van der Waals surface area contributed by atoms with E-state index in [-0.39, 0.29) is 0 Å². The van der Waals surface area contributed by atoms with E-state index >= 15 is 0 Å². The van der Waals surface area contributed by atoms with Crippen molar-refractivity contribution in [2.75, 3.05) is 0 Å². The summed E-state index contributed by atoms with van der Waals surface area (Å²) in [6.07, 6.45) is 5.36. The topological polar surface area (TPSA) is 49.8 Å². The van der Waals surface area contributed by atoms with Gasteiger partial charge in [0.05, 0.1) is 0 Å². The second-order valence-corrected chi connectivity index (χ2v) is 2.32. The van der Waals surface area contributed by atoms with Gasteiger partial charge in [-0.15, -0.1) is 0 Å². The van der Waals surface area contributed by atoms with Crippen LogP contribution in [0.3, 0.4) is 0 Å². The summed E-state index contributed by atoms with van der Waals surface area (Å²) in [6.45, 7) is 2.09. The number of aromatic nitrogens is 1. The summed E-state index contributed by atoms with van der Waals surface area (Å²) in [5.74, 6) is 0. The highest BCUT2D eigenvalue weighted by Gasteiger charge is 2.05. The van der Waals surface area contributed by atoms with Crippen LogP contribution >= 0.6 is 0 Å². The lowest BCUT2D eigenvalue weighted by molar-refractivity contribution is 0.404. The van der Waals surface area contributed by atoms with Gasteiger partial charge in [-0.2, -0.15) is 5.26 Å². The van der Waals surface area contributed by atoms with Gasteiger partial charge < -0.3 is 4.52 Å². The highest BCUT2D eigenvalue weighted by atomic mass is 16.5. The smallest absolute Gasteiger partial charge is 0.224 e. The Morgan fingerprint density at radius 3 is 3.18 bits per heavy atom. The molecule has 1 rings (SSSR count). The first-order valence-electron chi connectivity index (χ1n) is 3.64. The molecule has 0 aliphatic heterocycles. The Morgan fingerprint density at radius 1 is 1.73 bits per heavy atom. The van der Waals surface area contributed by atoms with Gasteiger partial charge in [0.15, 0.2) is 0 Å². The number of hydrogen-bond acceptors (Lipinski definition) is 3. The zero-order valence-electron chi connectivity index (χ0n) is 6.42. The third-order valence-corrected chi connectivity index (χ3v) is 1.47. The molecule has 0 N–H and O–H groups in total. The van der Waals surface area contributed by atoms with Gasteiger partial charge in [-0.1, -0.05) is 18.5 Å². The lowest BCUT2D eigenvalue weighted by atomic mass is 10.1. The van der Waals surface area contributed by atoms with E-state index in [4.69, 9.17) is 5.26 Å². The number of rotatable bonds is 3. The molecule has 1 heterocycles. The standard InChI is InChI=1S/C8H9N2O/c1-2-3-4-8-7(5-9)6-11-10-8/h2-4H2,1H3. The minimum Gasteiger partial charge on any atom is -0.351 e. The van der Waals surface area contributed by atoms with E-state index in [1.165, 1.54) is 0 Å². The minimum atomic E-state index is 0.443. The Balaban J connectivity index is 2.63. The van der Waals surface area contributed by atoms with Crippen LogP contribution in [-0.2, 0) is 6.42 Å². The molecule has 0 spiro atoms. The third-order valence-electron chi connectivity index (χ3n) is 1.47. The van der Waals surface area contributed by atoms with Gasteiger partial charge in [0.25, 0.3) is 0 Å². The molecular weight excluding hydrogens is 140 g/mol. The first-order valence-corrected chi connectivity index (χ1v) is 3.64. The summed E-state index contributed by atoms with van der Waals surface area (Å²) in [5.41, 5.74) is 1.17. The number of aryl methyl sites for hydroxylation is 1. The van der Waals surface area contributed by atoms with Crippen molar-refractivity contribution in [3.8, 4) is 6.07 Å². The molecule has 0 bridgehead atoms. The molecule has 0 saturated heterocycles. The summed E-state index contributed by atoms with van der Waals surface area (Å²) in [7, 11) is 0. The molecular formula is C8H9N2O. The van der Waals surface area contributed by atoms with Crippen molar-refractivity contribution in [2.45, 2.75) is 26.2 Å². The maximum Gasteiger partial charge on any atom is 0.224 e. The molecule has 0 aromatic carbocycles. The van der Waals surface area contributed by atoms with Crippen LogP contribution in [-0.4, -0.2) is 5.16 Å². The number of unbranched alkanes of at least 4 members (excludes halogenated alkanes) is 1. The fourth-order valence-corrected chi connectivity index (χ4v) is 0.830. The summed E-state index contributed by atoms with van der Waals surface area (Å²) in [5, 5.41) is 12.2. The van der Waals surface area contributed by atoms with Gasteiger partial charge in [0, 0.05) is 0 Å². The average Bonchev–Trinajstić information content (AvgIpc) is 2.47. The Hall–Kier alpha value is -1.30. The molecule has 0 saturated carbocycles. The van der Waals surface area contributed by atoms with Crippen molar-refractivity contribution < 1.29 is 4.52 Å². The predicted molar refractivity (Wildman–Crippen MR) is 38.7 cm³/mol. The fourth-order valence-electron chi connectivity index (χ4n) is 0.830. The van der Waals surface area contributed by atoms with Crippen LogP contribution < -0.4 is 0 Å². The molecule has 57 valence electrons. The van der Waals surface area contributed by atoms with Crippen molar-refractivity contribution in [3.63, 3.8) is 0 Å². The van der Waals surface area contributed by atoms with E-state index in [2.05, 4.69) is 22.9 Å². The van der Waals surface area contributed by atoms with Crippen LogP contribution in [0.25, 0.3) is 0 Å². The molecule has 0 fully saturated rings. The van der Waals surface area contributed by atoms with E-state index in [1.807, 2.05) is 6.07 Å². The van der Waals surface area contributed by atoms with Crippen molar-refractivity contribution >= 4 is 0 Å². The summed E-state index contributed by atoms with van der Waals surface area (Å²) < 4.78 is 4.54. The lowest BCUT2D eigenvalue weighted by Crippen LogP contribution is -1.87. The Kier molecular flexibility index (Phi) is 2.67. The average molecular weight is 149 g/mol. The zero-order valence-corrected chi connectivity index (χ0v) is 6.42. The van der Waals surface area contributed by atoms with E-state index in [9.17, 15) is 0 Å². The molecule has 0 unspecified atom stereocenters. The largest absolute Gasteiger partial charge is 0.351 e. The molecule has 3 nitrogen and oxygen atoms in total. The fraction of sp³-hybridized carbons (Fsp3) is 0.500. The van der Waals surface area contributed by atoms with Crippen molar-refractivity contribution in [1.29, 1.82) is 5.26 Å². The molecule has 3 heteroatoms. The van der Waals surface area contributed by atoms with Gasteiger partial charge in [0.1, 0.15) is 17.3 Å². The van der Waals surface area contributed by atoms with Gasteiger partial charge in [-0.05, 0) is 12.8 Å². The van der Waals surface area contributed by atoms with E-state index in [0.29, 0.717) is 5.56 Å². The minimum absolute atomic E-state index is 0.443. The highest BCUT2D eigenvalue weighted by Crippen LogP contribution is 2.07. The SMILES string of the molecule is CCCCc1no[c]c1C#N. The molecule has 0 amide bonds. The normalized spacial score (nSPS) is 9.45. The maximum absolute atomic E-state index is 8.53. The Labute approximate surface area is 65.6 Å². The summed E-state index contributed by atoms with van der Waals surface area (Å²) in [4.78, 5) is 0. The molecule has 0 aliphatic carbocycles. The van der Waals surface area contributed by atoms with E-state index < -0.39 is 0 Å². The van der Waals surface area contributed by atoms with Crippen molar-refractivity contribution in [1.82, 2.24) is 5.16 Å². The van der Waals surface area contributed by atoms with Gasteiger partial charge >= 0.3 is 0 Å². The number of nitriles is 1. The Morgan fingerprint density at radius 2 is 2.55 bits per heavy atom. The van der Waals surface area contributed by atoms with E-state index in [1.54, 1.807) is 0 Å². The Bertz CT molecular complexity index is 259. The van der Waals surface area contributed by atoms with Gasteiger partial charge in [0.2, 0.25) is 6.26 Å². The molecule has 1 aromatic heterocycles. The quantitative estimate of drug-likeness (QED) is 0.657. The lowest BCUT2D eigenvalue weighted by Gasteiger charge is -1.90. The van der Waals surface area contributed by atoms with Crippen molar-refractivity contribution in [3.05, 3.63) is 17.5 Å².